The van der Waals surface area contributed by atoms with Gasteiger partial charge in [-0.2, -0.15) is 0 Å². The van der Waals surface area contributed by atoms with Gasteiger partial charge in [0.25, 0.3) is 0 Å². The largest absolute Gasteiger partial charge is 0.496 e. The van der Waals surface area contributed by atoms with Crippen LogP contribution in [0.25, 0.3) is 5.69 Å². The van der Waals surface area contributed by atoms with Gasteiger partial charge in [-0.3, -0.25) is 0 Å². The van der Waals surface area contributed by atoms with E-state index in [-0.39, 0.29) is 0 Å². The molecule has 0 saturated heterocycles. The van der Waals surface area contributed by atoms with Crippen LogP contribution in [0.2, 0.25) is 0 Å². The van der Waals surface area contributed by atoms with Crippen molar-refractivity contribution in [3.8, 4) is 11.4 Å². The number of hydrogen-bond acceptors (Lipinski definition) is 3. The van der Waals surface area contributed by atoms with Crippen molar-refractivity contribution in [2.45, 2.75) is 39.7 Å². The minimum Gasteiger partial charge on any atom is -0.496 e. The highest BCUT2D eigenvalue weighted by Gasteiger charge is 2.20. The van der Waals surface area contributed by atoms with E-state index < -0.39 is 0 Å². The number of rotatable bonds is 4. The zero-order valence-electron chi connectivity index (χ0n) is 13.1. The molecule has 1 aliphatic rings. The second kappa shape index (κ2) is 5.90. The molecule has 2 heterocycles. The molecule has 1 aromatic carbocycles. The average molecular weight is 285 g/mol. The van der Waals surface area contributed by atoms with Gasteiger partial charge in [0, 0.05) is 37.3 Å². The Morgan fingerprint density at radius 1 is 1.38 bits per heavy atom. The highest BCUT2D eigenvalue weighted by Crippen LogP contribution is 2.26. The Labute approximate surface area is 126 Å². The average Bonchev–Trinajstić information content (AvgIpc) is 2.85. The van der Waals surface area contributed by atoms with Crippen LogP contribution >= 0.6 is 0 Å². The zero-order chi connectivity index (χ0) is 14.8. The summed E-state index contributed by atoms with van der Waals surface area (Å²) in [5.41, 5.74) is 4.93. The van der Waals surface area contributed by atoms with E-state index in [4.69, 9.17) is 9.72 Å². The second-order valence-corrected chi connectivity index (χ2v) is 5.59. The van der Waals surface area contributed by atoms with E-state index in [1.54, 1.807) is 7.11 Å². The molecule has 21 heavy (non-hydrogen) atoms. The van der Waals surface area contributed by atoms with Crippen LogP contribution in [0.4, 0.5) is 0 Å². The zero-order valence-corrected chi connectivity index (χ0v) is 13.1. The molecule has 0 radical (unpaired) electrons. The summed E-state index contributed by atoms with van der Waals surface area (Å²) in [6, 6.07) is 6.38. The summed E-state index contributed by atoms with van der Waals surface area (Å²) in [6.07, 6.45) is 3.16. The van der Waals surface area contributed by atoms with Crippen molar-refractivity contribution < 1.29 is 4.74 Å². The molecule has 4 nitrogen and oxygen atoms in total. The maximum absolute atomic E-state index is 5.37. The van der Waals surface area contributed by atoms with Gasteiger partial charge in [0.05, 0.1) is 12.8 Å². The number of imidazole rings is 1. The van der Waals surface area contributed by atoms with E-state index in [1.165, 1.54) is 22.9 Å². The third kappa shape index (κ3) is 2.56. The molecule has 0 amide bonds. The van der Waals surface area contributed by atoms with Gasteiger partial charge in [-0.15, -0.1) is 0 Å². The number of methoxy groups -OCH3 is 1. The Hall–Kier alpha value is -1.81. The first-order valence-corrected chi connectivity index (χ1v) is 7.69. The quantitative estimate of drug-likeness (QED) is 0.939. The Kier molecular flexibility index (Phi) is 3.97. The van der Waals surface area contributed by atoms with Gasteiger partial charge >= 0.3 is 0 Å². The van der Waals surface area contributed by atoms with Crippen molar-refractivity contribution in [2.75, 3.05) is 13.7 Å². The number of aryl methyl sites for hydroxylation is 2. The fraction of sp³-hybridized carbons (Fsp3) is 0.471. The van der Waals surface area contributed by atoms with Crippen molar-refractivity contribution in [3.63, 3.8) is 0 Å². The predicted molar refractivity (Wildman–Crippen MR) is 84.3 cm³/mol. The number of aromatic nitrogens is 2. The van der Waals surface area contributed by atoms with Crippen LogP contribution in [0.3, 0.4) is 0 Å². The Balaban J connectivity index is 2.11. The van der Waals surface area contributed by atoms with E-state index in [9.17, 15) is 0 Å². The maximum atomic E-state index is 5.37. The van der Waals surface area contributed by atoms with Crippen molar-refractivity contribution in [1.29, 1.82) is 0 Å². The van der Waals surface area contributed by atoms with Crippen molar-refractivity contribution >= 4 is 0 Å². The third-order valence-electron chi connectivity index (χ3n) is 4.07. The highest BCUT2D eigenvalue weighted by atomic mass is 16.5. The third-order valence-corrected chi connectivity index (χ3v) is 4.07. The Morgan fingerprint density at radius 3 is 2.95 bits per heavy atom. The Morgan fingerprint density at radius 2 is 2.24 bits per heavy atom. The first-order valence-electron chi connectivity index (χ1n) is 7.69. The fourth-order valence-corrected chi connectivity index (χ4v) is 3.06. The topological polar surface area (TPSA) is 39.1 Å². The lowest BCUT2D eigenvalue weighted by atomic mass is 10.1. The van der Waals surface area contributed by atoms with Crippen LogP contribution in [0.1, 0.15) is 36.1 Å². The Bertz CT molecular complexity index is 646. The summed E-state index contributed by atoms with van der Waals surface area (Å²) in [4.78, 5) is 4.86. The molecule has 2 aromatic rings. The summed E-state index contributed by atoms with van der Waals surface area (Å²) < 4.78 is 7.73. The molecule has 0 aliphatic carbocycles. The molecule has 112 valence electrons. The van der Waals surface area contributed by atoms with Crippen LogP contribution in [0, 0.1) is 6.92 Å². The van der Waals surface area contributed by atoms with Crippen LogP contribution in [-0.4, -0.2) is 23.2 Å². The monoisotopic (exact) mass is 285 g/mol. The summed E-state index contributed by atoms with van der Waals surface area (Å²) in [6.45, 7) is 6.20. The van der Waals surface area contributed by atoms with E-state index in [1.807, 2.05) is 6.07 Å². The van der Waals surface area contributed by atoms with Crippen molar-refractivity contribution in [2.24, 2.45) is 0 Å². The minimum atomic E-state index is 0.883. The molecular weight excluding hydrogens is 262 g/mol. The van der Waals surface area contributed by atoms with Crippen LogP contribution in [-0.2, 0) is 19.4 Å². The molecule has 1 aromatic heterocycles. The van der Waals surface area contributed by atoms with Crippen LogP contribution in [0.15, 0.2) is 18.2 Å². The van der Waals surface area contributed by atoms with Gasteiger partial charge in [0.2, 0.25) is 0 Å². The molecule has 0 atom stereocenters. The van der Waals surface area contributed by atoms with E-state index in [0.29, 0.717) is 0 Å². The van der Waals surface area contributed by atoms with Gasteiger partial charge < -0.3 is 14.6 Å². The molecule has 1 N–H and O–H groups in total. The smallest absolute Gasteiger partial charge is 0.121 e. The fourth-order valence-electron chi connectivity index (χ4n) is 3.06. The highest BCUT2D eigenvalue weighted by molar-refractivity contribution is 5.46. The van der Waals surface area contributed by atoms with Gasteiger partial charge in [-0.1, -0.05) is 6.92 Å². The van der Waals surface area contributed by atoms with Crippen LogP contribution in [0.5, 0.6) is 5.75 Å². The van der Waals surface area contributed by atoms with E-state index in [2.05, 4.69) is 35.9 Å². The summed E-state index contributed by atoms with van der Waals surface area (Å²) >= 11 is 0. The van der Waals surface area contributed by atoms with Gasteiger partial charge in [-0.25, -0.2) is 4.98 Å². The number of benzene rings is 1. The SMILES string of the molecule is CCCc1nc2c(n1-c1ccc(OC)c(C)c1)CCNC2. The number of ether oxygens (including phenoxy) is 1. The maximum Gasteiger partial charge on any atom is 0.121 e. The number of nitrogens with zero attached hydrogens (tertiary/aromatic N) is 2. The van der Waals surface area contributed by atoms with E-state index in [0.717, 1.165) is 43.7 Å². The second-order valence-electron chi connectivity index (χ2n) is 5.59. The van der Waals surface area contributed by atoms with Crippen molar-refractivity contribution in [3.05, 3.63) is 41.0 Å². The first-order chi connectivity index (χ1) is 10.2. The molecule has 0 unspecified atom stereocenters. The van der Waals surface area contributed by atoms with Gasteiger partial charge in [0.1, 0.15) is 11.6 Å². The first kappa shape index (κ1) is 14.1. The summed E-state index contributed by atoms with van der Waals surface area (Å²) in [5.74, 6) is 2.11. The molecule has 0 fully saturated rings. The summed E-state index contributed by atoms with van der Waals surface area (Å²) in [5, 5.41) is 3.41. The van der Waals surface area contributed by atoms with Crippen LogP contribution < -0.4 is 10.1 Å². The van der Waals surface area contributed by atoms with Crippen molar-refractivity contribution in [1.82, 2.24) is 14.9 Å². The molecule has 0 saturated carbocycles. The summed E-state index contributed by atoms with van der Waals surface area (Å²) in [7, 11) is 1.72. The molecule has 1 aliphatic heterocycles. The standard InChI is InChI=1S/C17H23N3O/c1-4-5-17-19-14-11-18-9-8-15(14)20(17)13-6-7-16(21-3)12(2)10-13/h6-7,10,18H,4-5,8-9,11H2,1-3H3. The minimum absolute atomic E-state index is 0.883. The number of hydrogen-bond donors (Lipinski definition) is 1. The molecule has 0 bridgehead atoms. The van der Waals surface area contributed by atoms with Gasteiger partial charge in [0.15, 0.2) is 0 Å². The number of nitrogens with one attached hydrogen (secondary N) is 1. The molecule has 3 rings (SSSR count). The lowest BCUT2D eigenvalue weighted by Crippen LogP contribution is -2.24. The normalized spacial score (nSPS) is 14.0. The number of fused-ring (bicyclic) bond motifs is 1. The molecule has 0 spiro atoms. The van der Waals surface area contributed by atoms with Gasteiger partial charge in [-0.05, 0) is 37.1 Å². The lowest BCUT2D eigenvalue weighted by Gasteiger charge is -2.17. The van der Waals surface area contributed by atoms with E-state index >= 15 is 0 Å². The molecule has 4 heteroatoms. The molecular formula is C17H23N3O. The predicted octanol–water partition coefficient (Wildman–Crippen LogP) is 2.79. The lowest BCUT2D eigenvalue weighted by molar-refractivity contribution is 0.411.